The number of nitrogens with one attached hydrogen (secondary N) is 1. The first-order valence-corrected chi connectivity index (χ1v) is 13.1. The number of β-amino-alcohol motifs (C(OH)–C–C–N with tert-alkyl or cyclic N) is 1. The van der Waals surface area contributed by atoms with Crippen LogP contribution in [0.3, 0.4) is 0 Å². The molecule has 8 unspecified atom stereocenters. The maximum absolute atomic E-state index is 11.9. The molecule has 2 fully saturated rings. The van der Waals surface area contributed by atoms with E-state index in [2.05, 4.69) is 44.0 Å². The zero-order chi connectivity index (χ0) is 24.7. The minimum absolute atomic E-state index is 0.00362. The van der Waals surface area contributed by atoms with Gasteiger partial charge in [-0.25, -0.2) is 0 Å². The predicted octanol–water partition coefficient (Wildman–Crippen LogP) is 3.62. The largest absolute Gasteiger partial charge is 0.396 e. The molecule has 0 aromatic heterocycles. The molecule has 5 N–H and O–H groups in total. The summed E-state index contributed by atoms with van der Waals surface area (Å²) in [4.78, 5) is 0. The molecule has 0 radical (unpaired) electrons. The van der Waals surface area contributed by atoms with E-state index in [0.29, 0.717) is 25.3 Å². The number of aliphatic hydroxyl groups excluding tert-OH is 3. The third kappa shape index (κ3) is 6.38. The van der Waals surface area contributed by atoms with Crippen molar-refractivity contribution in [1.82, 2.24) is 5.32 Å². The molecule has 5 heteroatoms. The minimum atomic E-state index is -1.00. The Hall–Kier alpha value is -1.50. The van der Waals surface area contributed by atoms with Crippen LogP contribution in [0.15, 0.2) is 54.6 Å². The SMILES string of the molecule is C=C1C(C)C2C(Cc3ccccc3)NCC2(O)C(C=CCC(C)CCCC(O)CCCO)C1O. The van der Waals surface area contributed by atoms with E-state index >= 15 is 0 Å². The average Bonchev–Trinajstić information content (AvgIpc) is 3.16. The van der Waals surface area contributed by atoms with Gasteiger partial charge in [-0.05, 0) is 55.1 Å². The zero-order valence-electron chi connectivity index (χ0n) is 20.9. The lowest BCUT2D eigenvalue weighted by molar-refractivity contribution is -0.0971. The number of rotatable bonds is 12. The van der Waals surface area contributed by atoms with Gasteiger partial charge in [-0.3, -0.25) is 0 Å². The number of benzene rings is 1. The normalized spacial score (nSPS) is 33.2. The summed E-state index contributed by atoms with van der Waals surface area (Å²) in [6.45, 7) is 9.11. The van der Waals surface area contributed by atoms with Crippen molar-refractivity contribution in [3.8, 4) is 0 Å². The molecule has 190 valence electrons. The molecule has 1 aliphatic carbocycles. The van der Waals surface area contributed by atoms with Crippen molar-refractivity contribution in [2.24, 2.45) is 23.7 Å². The Morgan fingerprint density at radius 1 is 1.18 bits per heavy atom. The van der Waals surface area contributed by atoms with E-state index in [1.807, 2.05) is 24.3 Å². The first-order chi connectivity index (χ1) is 16.3. The first kappa shape index (κ1) is 27.1. The van der Waals surface area contributed by atoms with Crippen LogP contribution < -0.4 is 5.32 Å². The van der Waals surface area contributed by atoms with Crippen molar-refractivity contribution >= 4 is 0 Å². The van der Waals surface area contributed by atoms with E-state index < -0.39 is 11.7 Å². The van der Waals surface area contributed by atoms with Gasteiger partial charge < -0.3 is 25.7 Å². The van der Waals surface area contributed by atoms with Crippen LogP contribution in [0, 0.1) is 23.7 Å². The van der Waals surface area contributed by atoms with Crippen LogP contribution in [0.4, 0.5) is 0 Å². The monoisotopic (exact) mass is 471 g/mol. The molecular weight excluding hydrogens is 426 g/mol. The summed E-state index contributed by atoms with van der Waals surface area (Å²) in [5.74, 6) is 0.115. The van der Waals surface area contributed by atoms with Gasteiger partial charge in [0.25, 0.3) is 0 Å². The van der Waals surface area contributed by atoms with Crippen molar-refractivity contribution in [3.05, 3.63) is 60.2 Å². The summed E-state index contributed by atoms with van der Waals surface area (Å²) in [5, 5.41) is 45.3. The Kier molecular flexibility index (Phi) is 9.93. The van der Waals surface area contributed by atoms with Gasteiger partial charge in [0.15, 0.2) is 0 Å². The van der Waals surface area contributed by atoms with E-state index in [-0.39, 0.29) is 36.5 Å². The fourth-order valence-electron chi connectivity index (χ4n) is 6.10. The van der Waals surface area contributed by atoms with Gasteiger partial charge in [0.1, 0.15) is 0 Å². The summed E-state index contributed by atoms with van der Waals surface area (Å²) < 4.78 is 0. The van der Waals surface area contributed by atoms with Crippen LogP contribution in [-0.2, 0) is 6.42 Å². The lowest BCUT2D eigenvalue weighted by Crippen LogP contribution is -2.57. The van der Waals surface area contributed by atoms with Gasteiger partial charge in [-0.1, -0.05) is 75.8 Å². The minimum Gasteiger partial charge on any atom is -0.396 e. The number of allylic oxidation sites excluding steroid dienone is 1. The molecule has 1 heterocycles. The smallest absolute Gasteiger partial charge is 0.0910 e. The van der Waals surface area contributed by atoms with E-state index in [4.69, 9.17) is 5.11 Å². The summed E-state index contributed by atoms with van der Waals surface area (Å²) in [5.41, 5.74) is 1.06. The Bertz CT molecular complexity index is 797. The third-order valence-corrected chi connectivity index (χ3v) is 8.19. The van der Waals surface area contributed by atoms with Crippen LogP contribution in [0.5, 0.6) is 0 Å². The van der Waals surface area contributed by atoms with Crippen molar-refractivity contribution in [2.75, 3.05) is 13.2 Å². The van der Waals surface area contributed by atoms with Crippen molar-refractivity contribution in [2.45, 2.75) is 82.6 Å². The predicted molar refractivity (Wildman–Crippen MR) is 137 cm³/mol. The Morgan fingerprint density at radius 2 is 1.88 bits per heavy atom. The van der Waals surface area contributed by atoms with E-state index in [9.17, 15) is 15.3 Å². The highest BCUT2D eigenvalue weighted by Crippen LogP contribution is 2.49. The van der Waals surface area contributed by atoms with Gasteiger partial charge in [0, 0.05) is 31.0 Å². The van der Waals surface area contributed by atoms with Crippen LogP contribution in [0.25, 0.3) is 0 Å². The third-order valence-electron chi connectivity index (χ3n) is 8.19. The lowest BCUT2D eigenvalue weighted by Gasteiger charge is -2.48. The molecule has 1 saturated heterocycles. The summed E-state index contributed by atoms with van der Waals surface area (Å²) in [7, 11) is 0. The molecular formula is C29H45NO4. The summed E-state index contributed by atoms with van der Waals surface area (Å²) in [6, 6.07) is 10.5. The van der Waals surface area contributed by atoms with Crippen molar-refractivity contribution in [3.63, 3.8) is 0 Å². The number of hydrogen-bond acceptors (Lipinski definition) is 5. The standard InChI is InChI=1S/C29H45NO4/c1-20(10-7-14-24(32)15-9-17-31)11-8-16-25-28(33)22(3)21(2)27-26(30-19-29(25,27)34)18-23-12-5-4-6-13-23/h4-6,8,12-13,16,20-21,24-28,30-34H,3,7,9-11,14-15,17-19H2,1-2H3. The fraction of sp³-hybridized carbons (Fsp3) is 0.655. The zero-order valence-corrected chi connectivity index (χ0v) is 20.9. The van der Waals surface area contributed by atoms with Crippen molar-refractivity contribution in [1.29, 1.82) is 0 Å². The second-order valence-electron chi connectivity index (χ2n) is 10.7. The fourth-order valence-corrected chi connectivity index (χ4v) is 6.10. The molecule has 1 aromatic carbocycles. The number of hydrogen-bond donors (Lipinski definition) is 5. The molecule has 1 aliphatic heterocycles. The highest BCUT2D eigenvalue weighted by molar-refractivity contribution is 5.29. The van der Waals surface area contributed by atoms with Crippen LogP contribution in [0.2, 0.25) is 0 Å². The second-order valence-corrected chi connectivity index (χ2v) is 10.7. The van der Waals surface area contributed by atoms with E-state index in [1.165, 1.54) is 5.56 Å². The highest BCUT2D eigenvalue weighted by Gasteiger charge is 2.59. The molecule has 2 aliphatic rings. The topological polar surface area (TPSA) is 93.0 Å². The molecule has 0 spiro atoms. The molecule has 8 atom stereocenters. The van der Waals surface area contributed by atoms with E-state index in [1.54, 1.807) is 0 Å². The van der Waals surface area contributed by atoms with Crippen LogP contribution in [0.1, 0.15) is 57.9 Å². The lowest BCUT2D eigenvalue weighted by atomic mass is 9.60. The van der Waals surface area contributed by atoms with Gasteiger partial charge in [-0.15, -0.1) is 0 Å². The maximum atomic E-state index is 11.9. The Morgan fingerprint density at radius 3 is 2.59 bits per heavy atom. The maximum Gasteiger partial charge on any atom is 0.0910 e. The molecule has 0 bridgehead atoms. The average molecular weight is 472 g/mol. The van der Waals surface area contributed by atoms with Crippen molar-refractivity contribution < 1.29 is 20.4 Å². The molecule has 1 aromatic rings. The second kappa shape index (κ2) is 12.5. The van der Waals surface area contributed by atoms with E-state index in [0.717, 1.165) is 37.7 Å². The number of fused-ring (bicyclic) bond motifs is 1. The summed E-state index contributed by atoms with van der Waals surface area (Å²) in [6.07, 6.45) is 8.83. The van der Waals surface area contributed by atoms with Gasteiger partial charge in [-0.2, -0.15) is 0 Å². The quantitative estimate of drug-likeness (QED) is 0.300. The number of aliphatic hydroxyl groups is 4. The Balaban J connectivity index is 1.60. The van der Waals surface area contributed by atoms with Crippen LogP contribution >= 0.6 is 0 Å². The molecule has 5 nitrogen and oxygen atoms in total. The first-order valence-electron chi connectivity index (χ1n) is 13.1. The van der Waals surface area contributed by atoms with Gasteiger partial charge in [0.2, 0.25) is 0 Å². The van der Waals surface area contributed by atoms with Gasteiger partial charge in [0.05, 0.1) is 17.8 Å². The molecule has 3 rings (SSSR count). The highest BCUT2D eigenvalue weighted by atomic mass is 16.3. The summed E-state index contributed by atoms with van der Waals surface area (Å²) >= 11 is 0. The van der Waals surface area contributed by atoms with Gasteiger partial charge >= 0.3 is 0 Å². The van der Waals surface area contributed by atoms with Crippen LogP contribution in [-0.4, -0.2) is 57.4 Å². The Labute approximate surface area is 205 Å². The molecule has 34 heavy (non-hydrogen) atoms. The molecule has 1 saturated carbocycles. The molecule has 0 amide bonds.